The average molecular weight is 518 g/mol. The minimum absolute atomic E-state index is 0. The monoisotopic (exact) mass is 518 g/mol. The molecule has 0 spiro atoms. The molecule has 0 aliphatic heterocycles. The highest BCUT2D eigenvalue weighted by Crippen LogP contribution is 2.17. The second-order valence-corrected chi connectivity index (χ2v) is 5.68. The third-order valence-corrected chi connectivity index (χ3v) is 3.70. The number of nitrogens with one attached hydrogen (secondary N) is 3. The topological polar surface area (TPSA) is 100 Å². The fraction of sp³-hybridized carbons (Fsp3) is 0.278. The number of aliphatic imine (C=N–C) groups is 1. The van der Waals surface area contributed by atoms with Gasteiger partial charge in [0.1, 0.15) is 18.2 Å². The van der Waals surface area contributed by atoms with Crippen molar-refractivity contribution in [2.75, 3.05) is 26.7 Å². The van der Waals surface area contributed by atoms with Crippen LogP contribution in [0.3, 0.4) is 0 Å². The number of aromatic amines is 1. The van der Waals surface area contributed by atoms with Gasteiger partial charge in [0, 0.05) is 26.1 Å². The summed E-state index contributed by atoms with van der Waals surface area (Å²) in [7, 11) is 1.64. The molecule has 0 radical (unpaired) electrons. The number of guanidine groups is 1. The first-order chi connectivity index (χ1) is 13.7. The molecule has 0 saturated heterocycles. The predicted octanol–water partition coefficient (Wildman–Crippen LogP) is 2.75. The average Bonchev–Trinajstić information content (AvgIpc) is 3.36. The molecule has 0 fully saturated rings. The van der Waals surface area contributed by atoms with Gasteiger partial charge in [0.2, 0.25) is 5.82 Å². The summed E-state index contributed by atoms with van der Waals surface area (Å²) in [5.41, 5.74) is 0. The zero-order valence-corrected chi connectivity index (χ0v) is 17.9. The number of furan rings is 1. The van der Waals surface area contributed by atoms with Crippen molar-refractivity contribution in [3.8, 4) is 17.3 Å². The van der Waals surface area contributed by atoms with Crippen molar-refractivity contribution in [2.45, 2.75) is 6.42 Å². The quantitative estimate of drug-likeness (QED) is 0.184. The molecule has 3 aromatic rings. The van der Waals surface area contributed by atoms with Gasteiger partial charge in [-0.05, 0) is 24.3 Å². The normalized spacial score (nSPS) is 11.1. The molecule has 1 aromatic carbocycles. The van der Waals surface area contributed by atoms with Crippen LogP contribution >= 0.6 is 24.0 Å². The van der Waals surface area contributed by atoms with Crippen molar-refractivity contribution in [1.82, 2.24) is 25.8 Å². The summed E-state index contributed by atoms with van der Waals surface area (Å²) >= 11 is 0. The van der Waals surface area contributed by atoms with Gasteiger partial charge in [0.25, 0.3) is 0 Å². The lowest BCUT2D eigenvalue weighted by Gasteiger charge is -2.12. The first kappa shape index (κ1) is 22.6. The summed E-state index contributed by atoms with van der Waals surface area (Å²) < 4.78 is 36.9. The van der Waals surface area contributed by atoms with Crippen molar-refractivity contribution in [2.24, 2.45) is 4.99 Å². The molecule has 0 amide bonds. The minimum Gasteiger partial charge on any atom is -0.489 e. The Bertz CT molecular complexity index is 917. The zero-order valence-electron chi connectivity index (χ0n) is 15.6. The number of nitrogens with zero attached hydrogens (tertiary/aromatic N) is 3. The van der Waals surface area contributed by atoms with E-state index in [0.29, 0.717) is 42.9 Å². The van der Waals surface area contributed by atoms with Crippen LogP contribution in [0.1, 0.15) is 5.82 Å². The predicted molar refractivity (Wildman–Crippen MR) is 114 cm³/mol. The van der Waals surface area contributed by atoms with Crippen LogP contribution in [0.2, 0.25) is 0 Å². The number of hydrogen-bond acceptors (Lipinski definition) is 5. The summed E-state index contributed by atoms with van der Waals surface area (Å²) in [4.78, 5) is 8.45. The van der Waals surface area contributed by atoms with Gasteiger partial charge in [-0.2, -0.15) is 5.10 Å². The smallest absolute Gasteiger partial charge is 0.216 e. The molecule has 0 saturated carbocycles. The molecule has 2 heterocycles. The third-order valence-electron chi connectivity index (χ3n) is 3.70. The number of benzene rings is 1. The Labute approximate surface area is 183 Å². The van der Waals surface area contributed by atoms with Crippen LogP contribution in [0.5, 0.6) is 5.75 Å². The molecule has 0 unspecified atom stereocenters. The van der Waals surface area contributed by atoms with Gasteiger partial charge in [-0.15, -0.1) is 24.0 Å². The Morgan fingerprint density at radius 3 is 2.79 bits per heavy atom. The molecule has 3 rings (SSSR count). The maximum atomic E-state index is 13.5. The number of halogens is 3. The number of ether oxygens (including phenoxy) is 1. The SMILES string of the molecule is CN=C(NCCOc1ccc(F)cc1F)NCCc1nc(-c2ccco2)n[nH]1.I. The van der Waals surface area contributed by atoms with Crippen LogP contribution in [0.25, 0.3) is 11.6 Å². The van der Waals surface area contributed by atoms with Gasteiger partial charge in [-0.3, -0.25) is 10.1 Å². The molecule has 0 aliphatic rings. The summed E-state index contributed by atoms with van der Waals surface area (Å²) in [6, 6.07) is 6.75. The van der Waals surface area contributed by atoms with Gasteiger partial charge in [-0.1, -0.05) is 0 Å². The van der Waals surface area contributed by atoms with Crippen LogP contribution in [0.15, 0.2) is 46.0 Å². The van der Waals surface area contributed by atoms with E-state index in [1.54, 1.807) is 25.4 Å². The molecule has 11 heteroatoms. The largest absolute Gasteiger partial charge is 0.489 e. The fourth-order valence-corrected chi connectivity index (χ4v) is 2.37. The molecule has 0 atom stereocenters. The third kappa shape index (κ3) is 6.69. The van der Waals surface area contributed by atoms with Crippen molar-refractivity contribution < 1.29 is 17.9 Å². The first-order valence-corrected chi connectivity index (χ1v) is 8.63. The second kappa shape index (κ2) is 11.3. The summed E-state index contributed by atoms with van der Waals surface area (Å²) in [6.07, 6.45) is 2.17. The van der Waals surface area contributed by atoms with E-state index in [9.17, 15) is 8.78 Å². The molecule has 29 heavy (non-hydrogen) atoms. The van der Waals surface area contributed by atoms with Gasteiger partial charge in [-0.25, -0.2) is 13.8 Å². The van der Waals surface area contributed by atoms with Crippen LogP contribution < -0.4 is 15.4 Å². The standard InChI is InChI=1S/C18H20F2N6O2.HI/c1-21-18(23-8-10-28-14-5-4-12(19)11-13(14)20)22-7-6-16-24-17(26-25-16)15-3-2-9-27-15;/h2-5,9,11H,6-8,10H2,1H3,(H2,21,22,23)(H,24,25,26);1H. The van der Waals surface area contributed by atoms with Crippen LogP contribution in [0.4, 0.5) is 8.78 Å². The van der Waals surface area contributed by atoms with Crippen molar-refractivity contribution in [3.63, 3.8) is 0 Å². The van der Waals surface area contributed by atoms with Crippen molar-refractivity contribution in [1.29, 1.82) is 0 Å². The summed E-state index contributed by atoms with van der Waals surface area (Å²) in [6.45, 7) is 1.15. The lowest BCUT2D eigenvalue weighted by Crippen LogP contribution is -2.40. The minimum atomic E-state index is -0.733. The van der Waals surface area contributed by atoms with Gasteiger partial charge in [0.05, 0.1) is 12.8 Å². The van der Waals surface area contributed by atoms with E-state index in [1.165, 1.54) is 6.07 Å². The number of H-pyrrole nitrogens is 1. The molecule has 8 nitrogen and oxygen atoms in total. The van der Waals surface area contributed by atoms with Crippen LogP contribution in [0, 0.1) is 11.6 Å². The highest BCUT2D eigenvalue weighted by Gasteiger charge is 2.08. The Morgan fingerprint density at radius 1 is 1.24 bits per heavy atom. The van der Waals surface area contributed by atoms with Gasteiger partial charge < -0.3 is 19.8 Å². The molecular weight excluding hydrogens is 497 g/mol. The Kier molecular flexibility index (Phi) is 8.83. The van der Waals surface area contributed by atoms with Crippen LogP contribution in [-0.2, 0) is 6.42 Å². The van der Waals surface area contributed by atoms with E-state index in [4.69, 9.17) is 9.15 Å². The number of rotatable bonds is 8. The van der Waals surface area contributed by atoms with Gasteiger partial charge in [0.15, 0.2) is 23.3 Å². The molecule has 3 N–H and O–H groups in total. The van der Waals surface area contributed by atoms with E-state index >= 15 is 0 Å². The molecule has 0 aliphatic carbocycles. The van der Waals surface area contributed by atoms with E-state index < -0.39 is 11.6 Å². The number of hydrogen-bond donors (Lipinski definition) is 3. The summed E-state index contributed by atoms with van der Waals surface area (Å²) in [5, 5.41) is 13.1. The van der Waals surface area contributed by atoms with Crippen molar-refractivity contribution >= 4 is 29.9 Å². The highest BCUT2D eigenvalue weighted by molar-refractivity contribution is 14.0. The zero-order chi connectivity index (χ0) is 19.8. The van der Waals surface area contributed by atoms with E-state index in [2.05, 4.69) is 30.8 Å². The lowest BCUT2D eigenvalue weighted by atomic mass is 10.3. The highest BCUT2D eigenvalue weighted by atomic mass is 127. The fourth-order valence-electron chi connectivity index (χ4n) is 2.37. The van der Waals surface area contributed by atoms with Crippen molar-refractivity contribution in [3.05, 3.63) is 54.1 Å². The molecule has 2 aromatic heterocycles. The van der Waals surface area contributed by atoms with E-state index in [-0.39, 0.29) is 36.3 Å². The Morgan fingerprint density at radius 2 is 2.07 bits per heavy atom. The molecular formula is C18H21F2IN6O2. The van der Waals surface area contributed by atoms with Crippen LogP contribution in [-0.4, -0.2) is 47.9 Å². The second-order valence-electron chi connectivity index (χ2n) is 5.68. The number of aromatic nitrogens is 3. The Balaban J connectivity index is 0.00000300. The molecule has 0 bridgehead atoms. The molecule has 156 valence electrons. The van der Waals surface area contributed by atoms with Gasteiger partial charge >= 0.3 is 0 Å². The maximum Gasteiger partial charge on any atom is 0.216 e. The van der Waals surface area contributed by atoms with E-state index in [1.807, 2.05) is 0 Å². The summed E-state index contributed by atoms with van der Waals surface area (Å²) in [5.74, 6) is 1.01. The maximum absolute atomic E-state index is 13.5. The lowest BCUT2D eigenvalue weighted by molar-refractivity contribution is 0.304. The Hall–Kier alpha value is -2.70. The first-order valence-electron chi connectivity index (χ1n) is 8.63. The van der Waals surface area contributed by atoms with E-state index in [0.717, 1.165) is 12.1 Å².